The average molecular weight is 581 g/mol. The standard InChI is InChI=1S/C27H25BrN4O6/c1-3-13-37-21-11-9-20(10-12-21)31-26(34)27(35)32-29-16-18-14-22(28)25(23(15-18)36-2)38-17-24(33)30-19-7-5-4-6-8-19/h3-12,14-16H,1,13,17H2,2H3,(H,30,33)(H,31,34)(H,32,35)/b29-16-. The lowest BCUT2D eigenvalue weighted by molar-refractivity contribution is -0.136. The maximum absolute atomic E-state index is 12.2. The molecule has 0 aliphatic rings. The first-order valence-electron chi connectivity index (χ1n) is 11.2. The fourth-order valence-corrected chi connectivity index (χ4v) is 3.58. The summed E-state index contributed by atoms with van der Waals surface area (Å²) in [6.07, 6.45) is 2.95. The first-order chi connectivity index (χ1) is 18.4. The van der Waals surface area contributed by atoms with E-state index in [1.807, 2.05) is 18.2 Å². The van der Waals surface area contributed by atoms with Crippen molar-refractivity contribution in [3.8, 4) is 17.2 Å². The van der Waals surface area contributed by atoms with Crippen LogP contribution in [-0.2, 0) is 14.4 Å². The Hall–Kier alpha value is -4.64. The van der Waals surface area contributed by atoms with Crippen molar-refractivity contribution in [2.45, 2.75) is 0 Å². The van der Waals surface area contributed by atoms with Crippen molar-refractivity contribution in [1.82, 2.24) is 5.43 Å². The summed E-state index contributed by atoms with van der Waals surface area (Å²) >= 11 is 3.39. The molecule has 0 aliphatic heterocycles. The van der Waals surface area contributed by atoms with Crippen LogP contribution in [0.2, 0.25) is 0 Å². The van der Waals surface area contributed by atoms with Gasteiger partial charge in [-0.25, -0.2) is 5.43 Å². The smallest absolute Gasteiger partial charge is 0.329 e. The highest BCUT2D eigenvalue weighted by molar-refractivity contribution is 9.10. The number of benzene rings is 3. The molecular formula is C27H25BrN4O6. The number of methoxy groups -OCH3 is 1. The molecule has 0 aromatic heterocycles. The van der Waals surface area contributed by atoms with Gasteiger partial charge in [-0.2, -0.15) is 5.10 Å². The SMILES string of the molecule is C=CCOc1ccc(NC(=O)C(=O)N/N=C\c2cc(Br)c(OCC(=O)Nc3ccccc3)c(OC)c2)cc1. The number of carbonyl (C=O) groups is 3. The number of hydrogen-bond donors (Lipinski definition) is 3. The quantitative estimate of drug-likeness (QED) is 0.135. The molecule has 3 aromatic rings. The molecular weight excluding hydrogens is 556 g/mol. The zero-order chi connectivity index (χ0) is 27.3. The zero-order valence-corrected chi connectivity index (χ0v) is 22.0. The van der Waals surface area contributed by atoms with Gasteiger partial charge in [0.05, 0.1) is 17.8 Å². The van der Waals surface area contributed by atoms with Crippen molar-refractivity contribution < 1.29 is 28.6 Å². The number of anilines is 2. The molecule has 0 aliphatic carbocycles. The number of nitrogens with one attached hydrogen (secondary N) is 3. The summed E-state index contributed by atoms with van der Waals surface area (Å²) in [5, 5.41) is 9.02. The lowest BCUT2D eigenvalue weighted by Crippen LogP contribution is -2.32. The van der Waals surface area contributed by atoms with Gasteiger partial charge in [0, 0.05) is 11.4 Å². The summed E-state index contributed by atoms with van der Waals surface area (Å²) in [6.45, 7) is 3.69. The summed E-state index contributed by atoms with van der Waals surface area (Å²) in [4.78, 5) is 36.4. The van der Waals surface area contributed by atoms with Crippen molar-refractivity contribution in [2.75, 3.05) is 31.0 Å². The van der Waals surface area contributed by atoms with Crippen molar-refractivity contribution in [3.05, 3.63) is 89.4 Å². The van der Waals surface area contributed by atoms with Gasteiger partial charge in [-0.3, -0.25) is 14.4 Å². The monoisotopic (exact) mass is 580 g/mol. The van der Waals surface area contributed by atoms with Gasteiger partial charge in [0.25, 0.3) is 5.91 Å². The minimum Gasteiger partial charge on any atom is -0.493 e. The van der Waals surface area contributed by atoms with Crippen LogP contribution in [0.5, 0.6) is 17.2 Å². The largest absolute Gasteiger partial charge is 0.493 e. The number of amides is 3. The Morgan fingerprint density at radius 2 is 1.66 bits per heavy atom. The van der Waals surface area contributed by atoms with Gasteiger partial charge in [0.2, 0.25) is 0 Å². The minimum atomic E-state index is -0.955. The lowest BCUT2D eigenvalue weighted by atomic mass is 10.2. The highest BCUT2D eigenvalue weighted by atomic mass is 79.9. The normalized spacial score (nSPS) is 10.4. The maximum Gasteiger partial charge on any atom is 0.329 e. The number of ether oxygens (including phenoxy) is 3. The number of para-hydroxylation sites is 1. The van der Waals surface area contributed by atoms with Gasteiger partial charge < -0.3 is 24.8 Å². The van der Waals surface area contributed by atoms with Crippen LogP contribution in [0, 0.1) is 0 Å². The molecule has 0 atom stereocenters. The fraction of sp³-hybridized carbons (Fsp3) is 0.111. The van der Waals surface area contributed by atoms with Gasteiger partial charge in [-0.05, 0) is 70.0 Å². The zero-order valence-electron chi connectivity index (χ0n) is 20.4. The predicted octanol–water partition coefficient (Wildman–Crippen LogP) is 4.13. The Morgan fingerprint density at radius 1 is 0.947 bits per heavy atom. The van der Waals surface area contributed by atoms with E-state index in [4.69, 9.17) is 14.2 Å². The van der Waals surface area contributed by atoms with Crippen LogP contribution in [0.25, 0.3) is 0 Å². The summed E-state index contributed by atoms with van der Waals surface area (Å²) in [5.41, 5.74) is 3.77. The van der Waals surface area contributed by atoms with Gasteiger partial charge in [0.1, 0.15) is 12.4 Å². The Morgan fingerprint density at radius 3 is 2.34 bits per heavy atom. The van der Waals surface area contributed by atoms with Crippen molar-refractivity contribution in [1.29, 1.82) is 0 Å². The molecule has 0 saturated carbocycles. The number of halogens is 1. The van der Waals surface area contributed by atoms with Gasteiger partial charge >= 0.3 is 11.8 Å². The molecule has 0 saturated heterocycles. The second-order valence-corrected chi connectivity index (χ2v) is 8.37. The molecule has 3 N–H and O–H groups in total. The highest BCUT2D eigenvalue weighted by Gasteiger charge is 2.15. The predicted molar refractivity (Wildman–Crippen MR) is 148 cm³/mol. The summed E-state index contributed by atoms with van der Waals surface area (Å²) < 4.78 is 16.9. The molecule has 38 heavy (non-hydrogen) atoms. The molecule has 0 radical (unpaired) electrons. The molecule has 3 aromatic carbocycles. The second-order valence-electron chi connectivity index (χ2n) is 7.51. The Balaban J connectivity index is 1.54. The van der Waals surface area contributed by atoms with Gasteiger partial charge in [-0.15, -0.1) is 0 Å². The van der Waals surface area contributed by atoms with E-state index in [0.717, 1.165) is 0 Å². The molecule has 0 heterocycles. The van der Waals surface area contributed by atoms with Crippen LogP contribution in [-0.4, -0.2) is 44.3 Å². The van der Waals surface area contributed by atoms with E-state index in [1.165, 1.54) is 13.3 Å². The van der Waals surface area contributed by atoms with Gasteiger partial charge in [-0.1, -0.05) is 30.9 Å². The third kappa shape index (κ3) is 8.49. The first kappa shape index (κ1) is 27.9. The van der Waals surface area contributed by atoms with Crippen LogP contribution in [0.15, 0.2) is 89.0 Å². The maximum atomic E-state index is 12.2. The van der Waals surface area contributed by atoms with Gasteiger partial charge in [0.15, 0.2) is 18.1 Å². The second kappa shape index (κ2) is 14.2. The molecule has 196 valence electrons. The Labute approximate surface area is 227 Å². The average Bonchev–Trinajstić information content (AvgIpc) is 2.92. The molecule has 3 amide bonds. The van der Waals surface area contributed by atoms with Crippen LogP contribution >= 0.6 is 15.9 Å². The van der Waals surface area contributed by atoms with Crippen molar-refractivity contribution >= 4 is 51.2 Å². The third-order valence-electron chi connectivity index (χ3n) is 4.72. The van der Waals surface area contributed by atoms with E-state index in [1.54, 1.807) is 54.6 Å². The van der Waals surface area contributed by atoms with Crippen LogP contribution in [0.3, 0.4) is 0 Å². The van der Waals surface area contributed by atoms with Crippen LogP contribution < -0.4 is 30.3 Å². The summed E-state index contributed by atoms with van der Waals surface area (Å²) in [5.74, 6) is -0.934. The number of hydrazone groups is 1. The van der Waals surface area contributed by atoms with E-state index in [-0.39, 0.29) is 12.5 Å². The van der Waals surface area contributed by atoms with Crippen LogP contribution in [0.1, 0.15) is 5.56 Å². The Bertz CT molecular complexity index is 1310. The highest BCUT2D eigenvalue weighted by Crippen LogP contribution is 2.36. The lowest BCUT2D eigenvalue weighted by Gasteiger charge is -2.13. The number of carbonyl (C=O) groups excluding carboxylic acids is 3. The molecule has 0 fully saturated rings. The van der Waals surface area contributed by atoms with E-state index in [2.05, 4.69) is 43.7 Å². The van der Waals surface area contributed by atoms with E-state index in [9.17, 15) is 14.4 Å². The minimum absolute atomic E-state index is 0.243. The van der Waals surface area contributed by atoms with E-state index >= 15 is 0 Å². The first-order valence-corrected chi connectivity index (χ1v) is 12.0. The molecule has 0 unspecified atom stereocenters. The molecule has 0 spiro atoms. The third-order valence-corrected chi connectivity index (χ3v) is 5.31. The summed E-state index contributed by atoms with van der Waals surface area (Å²) in [6, 6.07) is 18.8. The van der Waals surface area contributed by atoms with Crippen LogP contribution in [0.4, 0.5) is 11.4 Å². The topological polar surface area (TPSA) is 127 Å². The number of hydrogen-bond acceptors (Lipinski definition) is 7. The molecule has 0 bridgehead atoms. The number of rotatable bonds is 11. The number of nitrogens with zero attached hydrogens (tertiary/aromatic N) is 1. The van der Waals surface area contributed by atoms with Crippen molar-refractivity contribution in [3.63, 3.8) is 0 Å². The summed E-state index contributed by atoms with van der Waals surface area (Å²) in [7, 11) is 1.45. The fourth-order valence-electron chi connectivity index (χ4n) is 3.00. The van der Waals surface area contributed by atoms with Crippen molar-refractivity contribution in [2.24, 2.45) is 5.10 Å². The van der Waals surface area contributed by atoms with E-state index in [0.29, 0.717) is 45.3 Å². The Kier molecular flexibility index (Phi) is 10.4. The molecule has 3 rings (SSSR count). The van der Waals surface area contributed by atoms with E-state index < -0.39 is 11.8 Å². The molecule has 10 nitrogen and oxygen atoms in total. The molecule has 11 heteroatoms.